The standard InChI is InChI=1S/C10H11F2NO4/c1-3-17-10(15)7-6(8(11)12)5(14)4-13-9(7)16-2/h4,8,14H,3H2,1-2H3. The molecule has 0 bridgehead atoms. The molecule has 0 atom stereocenters. The van der Waals surface area contributed by atoms with E-state index in [1.54, 1.807) is 0 Å². The lowest BCUT2D eigenvalue weighted by Gasteiger charge is -2.12. The number of nitrogens with zero attached hydrogens (tertiary/aromatic N) is 1. The molecule has 0 unspecified atom stereocenters. The molecule has 5 nitrogen and oxygen atoms in total. The first-order valence-corrected chi connectivity index (χ1v) is 4.74. The molecule has 1 aromatic heterocycles. The molecular formula is C10H11F2NO4. The minimum atomic E-state index is -3.04. The lowest BCUT2D eigenvalue weighted by molar-refractivity contribution is 0.0508. The Morgan fingerprint density at radius 1 is 1.59 bits per heavy atom. The molecule has 0 fully saturated rings. The molecule has 0 radical (unpaired) electrons. The summed E-state index contributed by atoms with van der Waals surface area (Å²) in [6.07, 6.45) is -2.24. The van der Waals surface area contributed by atoms with E-state index in [-0.39, 0.29) is 12.5 Å². The third kappa shape index (κ3) is 2.61. The molecule has 94 valence electrons. The van der Waals surface area contributed by atoms with Gasteiger partial charge in [-0.15, -0.1) is 0 Å². The van der Waals surface area contributed by atoms with E-state index in [1.807, 2.05) is 0 Å². The number of carbonyl (C=O) groups excluding carboxylic acids is 1. The molecule has 0 aromatic carbocycles. The predicted octanol–water partition coefficient (Wildman–Crippen LogP) is 1.91. The van der Waals surface area contributed by atoms with Gasteiger partial charge in [0.25, 0.3) is 6.43 Å². The van der Waals surface area contributed by atoms with Gasteiger partial charge in [0.05, 0.1) is 25.5 Å². The number of hydrogen-bond acceptors (Lipinski definition) is 5. The van der Waals surface area contributed by atoms with Crippen molar-refractivity contribution in [2.45, 2.75) is 13.3 Å². The van der Waals surface area contributed by atoms with Crippen LogP contribution in [0.1, 0.15) is 29.3 Å². The molecule has 0 aliphatic heterocycles. The maximum atomic E-state index is 12.8. The summed E-state index contributed by atoms with van der Waals surface area (Å²) in [5.74, 6) is -2.09. The summed E-state index contributed by atoms with van der Waals surface area (Å²) in [5.41, 5.74) is -1.39. The number of carbonyl (C=O) groups is 1. The smallest absolute Gasteiger partial charge is 0.344 e. The average Bonchev–Trinajstić information content (AvgIpc) is 2.28. The van der Waals surface area contributed by atoms with Crippen molar-refractivity contribution in [1.29, 1.82) is 0 Å². The summed E-state index contributed by atoms with van der Waals surface area (Å²) in [6.45, 7) is 1.54. The van der Waals surface area contributed by atoms with E-state index in [1.165, 1.54) is 14.0 Å². The predicted molar refractivity (Wildman–Crippen MR) is 53.4 cm³/mol. The van der Waals surface area contributed by atoms with E-state index in [2.05, 4.69) is 9.72 Å². The number of methoxy groups -OCH3 is 1. The van der Waals surface area contributed by atoms with Gasteiger partial charge < -0.3 is 14.6 Å². The number of aromatic hydroxyl groups is 1. The minimum Gasteiger partial charge on any atom is -0.506 e. The van der Waals surface area contributed by atoms with Crippen molar-refractivity contribution in [3.63, 3.8) is 0 Å². The molecule has 0 saturated carbocycles. The summed E-state index contributed by atoms with van der Waals surface area (Å²) >= 11 is 0. The van der Waals surface area contributed by atoms with Crippen molar-refractivity contribution in [2.24, 2.45) is 0 Å². The van der Waals surface area contributed by atoms with E-state index in [4.69, 9.17) is 4.74 Å². The van der Waals surface area contributed by atoms with Crippen LogP contribution in [-0.2, 0) is 4.74 Å². The molecule has 0 spiro atoms. The monoisotopic (exact) mass is 247 g/mol. The summed E-state index contributed by atoms with van der Waals surface area (Å²) in [7, 11) is 1.18. The maximum Gasteiger partial charge on any atom is 0.344 e. The fraction of sp³-hybridized carbons (Fsp3) is 0.400. The highest BCUT2D eigenvalue weighted by Gasteiger charge is 2.28. The number of hydrogen-bond donors (Lipinski definition) is 1. The molecule has 1 rings (SSSR count). The van der Waals surface area contributed by atoms with Crippen LogP contribution in [0.25, 0.3) is 0 Å². The zero-order chi connectivity index (χ0) is 13.0. The zero-order valence-corrected chi connectivity index (χ0v) is 9.24. The molecule has 0 aliphatic rings. The summed E-state index contributed by atoms with van der Waals surface area (Å²) in [4.78, 5) is 15.1. The van der Waals surface area contributed by atoms with Gasteiger partial charge in [0.15, 0.2) is 0 Å². The molecule has 17 heavy (non-hydrogen) atoms. The van der Waals surface area contributed by atoms with Crippen molar-refractivity contribution in [1.82, 2.24) is 4.98 Å². The van der Waals surface area contributed by atoms with Gasteiger partial charge in [-0.2, -0.15) is 0 Å². The Kier molecular flexibility index (Phi) is 4.19. The first kappa shape index (κ1) is 13.1. The SMILES string of the molecule is CCOC(=O)c1c(OC)ncc(O)c1C(F)F. The highest BCUT2D eigenvalue weighted by molar-refractivity contribution is 5.94. The van der Waals surface area contributed by atoms with Gasteiger partial charge in [-0.05, 0) is 6.92 Å². The van der Waals surface area contributed by atoms with Crippen molar-refractivity contribution in [3.8, 4) is 11.6 Å². The number of ether oxygens (including phenoxy) is 2. The third-order valence-electron chi connectivity index (χ3n) is 1.95. The van der Waals surface area contributed by atoms with Crippen LogP contribution < -0.4 is 4.74 Å². The van der Waals surface area contributed by atoms with Gasteiger partial charge >= 0.3 is 5.97 Å². The molecule has 0 aliphatic carbocycles. The molecule has 0 amide bonds. The van der Waals surface area contributed by atoms with Crippen LogP contribution in [0.15, 0.2) is 6.20 Å². The fourth-order valence-corrected chi connectivity index (χ4v) is 1.27. The van der Waals surface area contributed by atoms with E-state index in [9.17, 15) is 18.7 Å². The molecule has 1 heterocycles. The van der Waals surface area contributed by atoms with Crippen LogP contribution in [0.4, 0.5) is 8.78 Å². The van der Waals surface area contributed by atoms with Gasteiger partial charge in [0.1, 0.15) is 11.3 Å². The van der Waals surface area contributed by atoms with E-state index >= 15 is 0 Å². The first-order chi connectivity index (χ1) is 8.02. The van der Waals surface area contributed by atoms with Crippen LogP contribution in [0.3, 0.4) is 0 Å². The lowest BCUT2D eigenvalue weighted by atomic mass is 10.1. The largest absolute Gasteiger partial charge is 0.506 e. The number of halogens is 2. The van der Waals surface area contributed by atoms with Gasteiger partial charge in [-0.25, -0.2) is 18.6 Å². The lowest BCUT2D eigenvalue weighted by Crippen LogP contribution is -2.12. The van der Waals surface area contributed by atoms with Gasteiger partial charge in [-0.3, -0.25) is 0 Å². The summed E-state index contributed by atoms with van der Waals surface area (Å²) in [5, 5.41) is 9.29. The Labute approximate surface area is 96.0 Å². The number of pyridine rings is 1. The highest BCUT2D eigenvalue weighted by Crippen LogP contribution is 2.35. The van der Waals surface area contributed by atoms with Gasteiger partial charge in [-0.1, -0.05) is 0 Å². The molecule has 7 heteroatoms. The van der Waals surface area contributed by atoms with Gasteiger partial charge in [0.2, 0.25) is 5.88 Å². The molecule has 1 N–H and O–H groups in total. The first-order valence-electron chi connectivity index (χ1n) is 4.74. The Morgan fingerprint density at radius 3 is 2.71 bits per heavy atom. The second-order valence-electron chi connectivity index (χ2n) is 2.96. The second kappa shape index (κ2) is 5.42. The highest BCUT2D eigenvalue weighted by atomic mass is 19.3. The van der Waals surface area contributed by atoms with Crippen LogP contribution in [0.2, 0.25) is 0 Å². The number of alkyl halides is 2. The van der Waals surface area contributed by atoms with Crippen LogP contribution in [-0.4, -0.2) is 29.8 Å². The van der Waals surface area contributed by atoms with Crippen molar-refractivity contribution in [2.75, 3.05) is 13.7 Å². The molecular weight excluding hydrogens is 236 g/mol. The second-order valence-corrected chi connectivity index (χ2v) is 2.96. The van der Waals surface area contributed by atoms with Crippen LogP contribution in [0, 0.1) is 0 Å². The summed E-state index contributed by atoms with van der Waals surface area (Å²) in [6, 6.07) is 0. The van der Waals surface area contributed by atoms with Crippen molar-refractivity contribution >= 4 is 5.97 Å². The molecule has 0 saturated heterocycles. The van der Waals surface area contributed by atoms with Crippen molar-refractivity contribution in [3.05, 3.63) is 17.3 Å². The number of aromatic nitrogens is 1. The van der Waals surface area contributed by atoms with Crippen molar-refractivity contribution < 1.29 is 28.2 Å². The van der Waals surface area contributed by atoms with Crippen LogP contribution in [0.5, 0.6) is 11.6 Å². The topological polar surface area (TPSA) is 68.7 Å². The van der Waals surface area contributed by atoms with E-state index in [0.29, 0.717) is 0 Å². The average molecular weight is 247 g/mol. The summed E-state index contributed by atoms with van der Waals surface area (Å²) < 4.78 is 34.8. The number of rotatable bonds is 4. The Bertz CT molecular complexity index is 423. The maximum absolute atomic E-state index is 12.8. The minimum absolute atomic E-state index is 0.0142. The molecule has 1 aromatic rings. The van der Waals surface area contributed by atoms with E-state index in [0.717, 1.165) is 6.20 Å². The normalized spacial score (nSPS) is 10.4. The van der Waals surface area contributed by atoms with E-state index < -0.39 is 29.3 Å². The Hall–Kier alpha value is -1.92. The quantitative estimate of drug-likeness (QED) is 0.823. The zero-order valence-electron chi connectivity index (χ0n) is 9.24. The van der Waals surface area contributed by atoms with Gasteiger partial charge in [0, 0.05) is 0 Å². The third-order valence-corrected chi connectivity index (χ3v) is 1.95. The Morgan fingerprint density at radius 2 is 2.24 bits per heavy atom. The number of esters is 1. The van der Waals surface area contributed by atoms with Crippen LogP contribution >= 0.6 is 0 Å². The fourth-order valence-electron chi connectivity index (χ4n) is 1.27. The Balaban J connectivity index is 3.40.